The van der Waals surface area contributed by atoms with Crippen molar-refractivity contribution in [2.45, 2.75) is 58.9 Å². The standard InChI is InChI=1S/C25H29N3O3/c1-3-5-6-12-23-26-24(22(29)9-4-2)27-28(23)17-18-13-15-19(16-14-18)20-10-7-8-11-21(20)25(30)31/h7-8,10-11,13-16H,3-6,9,12,17H2,1-2H3,(H,30,31). The summed E-state index contributed by atoms with van der Waals surface area (Å²) >= 11 is 0. The van der Waals surface area contributed by atoms with Crippen LogP contribution < -0.4 is 0 Å². The number of benzene rings is 2. The molecule has 3 rings (SSSR count). The number of rotatable bonds is 11. The molecule has 2 aromatic carbocycles. The van der Waals surface area contributed by atoms with Crippen LogP contribution in [-0.2, 0) is 13.0 Å². The van der Waals surface area contributed by atoms with Crippen LogP contribution in [0.2, 0.25) is 0 Å². The average Bonchev–Trinajstić information content (AvgIpc) is 3.17. The lowest BCUT2D eigenvalue weighted by molar-refractivity contribution is 0.0697. The van der Waals surface area contributed by atoms with Crippen molar-refractivity contribution in [3.63, 3.8) is 0 Å². The number of hydrogen-bond donors (Lipinski definition) is 1. The van der Waals surface area contributed by atoms with Crippen LogP contribution in [0.3, 0.4) is 0 Å². The summed E-state index contributed by atoms with van der Waals surface area (Å²) in [4.78, 5) is 28.3. The van der Waals surface area contributed by atoms with Crippen molar-refractivity contribution in [2.24, 2.45) is 0 Å². The van der Waals surface area contributed by atoms with Gasteiger partial charge in [0.1, 0.15) is 5.82 Å². The number of carboxylic acid groups (broad SMARTS) is 1. The molecule has 0 aliphatic rings. The maximum Gasteiger partial charge on any atom is 0.336 e. The minimum Gasteiger partial charge on any atom is -0.478 e. The highest BCUT2D eigenvalue weighted by Gasteiger charge is 2.16. The van der Waals surface area contributed by atoms with Gasteiger partial charge in [-0.25, -0.2) is 14.5 Å². The Kier molecular flexibility index (Phi) is 7.70. The minimum atomic E-state index is -0.941. The zero-order valence-corrected chi connectivity index (χ0v) is 18.2. The largest absolute Gasteiger partial charge is 0.478 e. The first kappa shape index (κ1) is 22.4. The van der Waals surface area contributed by atoms with E-state index in [-0.39, 0.29) is 11.3 Å². The molecular formula is C25H29N3O3. The number of ketones is 1. The normalized spacial score (nSPS) is 10.9. The summed E-state index contributed by atoms with van der Waals surface area (Å²) in [5, 5.41) is 13.9. The van der Waals surface area contributed by atoms with Crippen molar-refractivity contribution in [1.82, 2.24) is 14.8 Å². The van der Waals surface area contributed by atoms with Gasteiger partial charge in [0.15, 0.2) is 0 Å². The van der Waals surface area contributed by atoms with E-state index in [2.05, 4.69) is 17.0 Å². The Morgan fingerprint density at radius 1 is 0.968 bits per heavy atom. The first-order valence-electron chi connectivity index (χ1n) is 10.9. The smallest absolute Gasteiger partial charge is 0.336 e. The van der Waals surface area contributed by atoms with Gasteiger partial charge in [-0.1, -0.05) is 69.2 Å². The van der Waals surface area contributed by atoms with Gasteiger partial charge in [0.25, 0.3) is 0 Å². The monoisotopic (exact) mass is 419 g/mol. The highest BCUT2D eigenvalue weighted by Crippen LogP contribution is 2.24. The second kappa shape index (κ2) is 10.7. The summed E-state index contributed by atoms with van der Waals surface area (Å²) in [5.41, 5.74) is 2.84. The number of carbonyl (C=O) groups is 2. The molecule has 0 bridgehead atoms. The molecule has 0 saturated carbocycles. The Labute approximate surface area is 183 Å². The molecule has 31 heavy (non-hydrogen) atoms. The van der Waals surface area contributed by atoms with Gasteiger partial charge in [-0.05, 0) is 35.6 Å². The van der Waals surface area contributed by atoms with Gasteiger partial charge < -0.3 is 5.11 Å². The number of carbonyl (C=O) groups excluding carboxylic acids is 1. The average molecular weight is 420 g/mol. The van der Waals surface area contributed by atoms with Gasteiger partial charge in [0, 0.05) is 12.8 Å². The van der Waals surface area contributed by atoms with Gasteiger partial charge in [-0.2, -0.15) is 0 Å². The molecule has 1 heterocycles. The molecule has 162 valence electrons. The number of aromatic nitrogens is 3. The van der Waals surface area contributed by atoms with Crippen LogP contribution in [0.15, 0.2) is 48.5 Å². The van der Waals surface area contributed by atoms with Crippen LogP contribution in [-0.4, -0.2) is 31.6 Å². The molecule has 6 nitrogen and oxygen atoms in total. The molecule has 0 saturated heterocycles. The molecule has 0 unspecified atom stereocenters. The molecule has 0 aliphatic heterocycles. The molecule has 0 atom stereocenters. The lowest BCUT2D eigenvalue weighted by Gasteiger charge is -2.09. The van der Waals surface area contributed by atoms with Gasteiger partial charge in [-0.15, -0.1) is 5.10 Å². The van der Waals surface area contributed by atoms with Crippen molar-refractivity contribution >= 4 is 11.8 Å². The summed E-state index contributed by atoms with van der Waals surface area (Å²) in [7, 11) is 0. The van der Waals surface area contributed by atoms with Gasteiger partial charge in [-0.3, -0.25) is 4.79 Å². The fourth-order valence-corrected chi connectivity index (χ4v) is 3.56. The molecule has 0 fully saturated rings. The fraction of sp³-hybridized carbons (Fsp3) is 0.360. The van der Waals surface area contributed by atoms with Gasteiger partial charge >= 0.3 is 5.97 Å². The molecular weight excluding hydrogens is 390 g/mol. The van der Waals surface area contributed by atoms with Crippen molar-refractivity contribution in [2.75, 3.05) is 0 Å². The van der Waals surface area contributed by atoms with Crippen LogP contribution in [0, 0.1) is 0 Å². The summed E-state index contributed by atoms with van der Waals surface area (Å²) < 4.78 is 1.83. The van der Waals surface area contributed by atoms with E-state index >= 15 is 0 Å². The topological polar surface area (TPSA) is 85.1 Å². The van der Waals surface area contributed by atoms with E-state index in [1.165, 1.54) is 0 Å². The molecule has 1 N–H and O–H groups in total. The molecule has 0 radical (unpaired) electrons. The second-order valence-corrected chi connectivity index (χ2v) is 7.69. The number of aromatic carboxylic acids is 1. The summed E-state index contributed by atoms with van der Waals surface area (Å²) in [6, 6.07) is 14.8. The van der Waals surface area contributed by atoms with E-state index < -0.39 is 5.97 Å². The number of aryl methyl sites for hydroxylation is 1. The lowest BCUT2D eigenvalue weighted by atomic mass is 9.99. The third kappa shape index (κ3) is 5.66. The van der Waals surface area contributed by atoms with Crippen LogP contribution in [0.25, 0.3) is 11.1 Å². The summed E-state index contributed by atoms with van der Waals surface area (Å²) in [5.74, 6) is 0.190. The van der Waals surface area contributed by atoms with Crippen LogP contribution >= 0.6 is 0 Å². The SMILES string of the molecule is CCCCCc1nc(C(=O)CCC)nn1Cc1ccc(-c2ccccc2C(=O)O)cc1. The van der Waals surface area contributed by atoms with E-state index in [0.29, 0.717) is 24.4 Å². The van der Waals surface area contributed by atoms with Crippen molar-refractivity contribution < 1.29 is 14.7 Å². The molecule has 1 aromatic heterocycles. The van der Waals surface area contributed by atoms with Crippen LogP contribution in [0.5, 0.6) is 0 Å². The quantitative estimate of drug-likeness (QED) is 0.332. The molecule has 6 heteroatoms. The maximum absolute atomic E-state index is 12.3. The predicted octanol–water partition coefficient (Wildman–Crippen LogP) is 5.41. The number of unbranched alkanes of at least 4 members (excludes halogenated alkanes) is 2. The van der Waals surface area contributed by atoms with E-state index in [1.807, 2.05) is 48.0 Å². The summed E-state index contributed by atoms with van der Waals surface area (Å²) in [6.07, 6.45) is 5.28. The zero-order chi connectivity index (χ0) is 22.2. The highest BCUT2D eigenvalue weighted by molar-refractivity contribution is 5.96. The van der Waals surface area contributed by atoms with E-state index in [4.69, 9.17) is 0 Å². The highest BCUT2D eigenvalue weighted by atomic mass is 16.4. The van der Waals surface area contributed by atoms with E-state index in [9.17, 15) is 14.7 Å². The Balaban J connectivity index is 1.83. The molecule has 0 amide bonds. The number of Topliss-reactive ketones (excluding diaryl/α,β-unsaturated/α-hetero) is 1. The number of hydrogen-bond acceptors (Lipinski definition) is 4. The second-order valence-electron chi connectivity index (χ2n) is 7.69. The number of nitrogens with zero attached hydrogens (tertiary/aromatic N) is 3. The maximum atomic E-state index is 12.3. The van der Waals surface area contributed by atoms with E-state index in [1.54, 1.807) is 12.1 Å². The van der Waals surface area contributed by atoms with Crippen molar-refractivity contribution in [1.29, 1.82) is 0 Å². The zero-order valence-electron chi connectivity index (χ0n) is 18.2. The lowest BCUT2D eigenvalue weighted by Crippen LogP contribution is -2.08. The third-order valence-electron chi connectivity index (χ3n) is 5.23. The van der Waals surface area contributed by atoms with E-state index in [0.717, 1.165) is 49.1 Å². The van der Waals surface area contributed by atoms with Crippen molar-refractivity contribution in [3.05, 3.63) is 71.3 Å². The third-order valence-corrected chi connectivity index (χ3v) is 5.23. The Morgan fingerprint density at radius 3 is 2.39 bits per heavy atom. The fourth-order valence-electron chi connectivity index (χ4n) is 3.56. The first-order chi connectivity index (χ1) is 15.0. The number of carboxylic acids is 1. The summed E-state index contributed by atoms with van der Waals surface area (Å²) in [6.45, 7) is 4.65. The Bertz CT molecular complexity index is 1040. The first-order valence-corrected chi connectivity index (χ1v) is 10.9. The Hall–Kier alpha value is -3.28. The van der Waals surface area contributed by atoms with Crippen LogP contribution in [0.1, 0.15) is 78.3 Å². The van der Waals surface area contributed by atoms with Gasteiger partial charge in [0.2, 0.25) is 11.6 Å². The minimum absolute atomic E-state index is 0.0152. The molecule has 3 aromatic rings. The molecule has 0 aliphatic carbocycles. The predicted molar refractivity (Wildman–Crippen MR) is 120 cm³/mol. The van der Waals surface area contributed by atoms with Crippen LogP contribution in [0.4, 0.5) is 0 Å². The molecule has 0 spiro atoms. The van der Waals surface area contributed by atoms with Gasteiger partial charge in [0.05, 0.1) is 12.1 Å². The van der Waals surface area contributed by atoms with Crippen molar-refractivity contribution in [3.8, 4) is 11.1 Å². The Morgan fingerprint density at radius 2 is 1.71 bits per heavy atom.